The number of carbonyl (C=O) groups excluding carboxylic acids is 3. The van der Waals surface area contributed by atoms with Gasteiger partial charge >= 0.3 is 0 Å². The van der Waals surface area contributed by atoms with Crippen molar-refractivity contribution in [3.05, 3.63) is 107 Å². The number of unbranched alkanes of at least 4 members (excludes halogenated alkanes) is 2. The maximum atomic E-state index is 14.2. The van der Waals surface area contributed by atoms with Crippen molar-refractivity contribution in [2.45, 2.75) is 63.1 Å². The fraction of sp³-hybridized carbons (Fsp3) is 0.449. The number of aromatic nitrogens is 6. The summed E-state index contributed by atoms with van der Waals surface area (Å²) in [6.07, 6.45) is 9.53. The van der Waals surface area contributed by atoms with Gasteiger partial charge in [0.1, 0.15) is 41.4 Å². The molecular formula is C49H61ClN13O4Si. The molecule has 0 unspecified atom stereocenters. The molecule has 2 aliphatic rings. The first-order valence-corrected chi connectivity index (χ1v) is 24.4. The molecule has 6 aromatic rings. The van der Waals surface area contributed by atoms with Crippen LogP contribution in [0.1, 0.15) is 72.6 Å². The Morgan fingerprint density at radius 3 is 2.50 bits per heavy atom. The summed E-state index contributed by atoms with van der Waals surface area (Å²) in [6.45, 7) is 7.07. The van der Waals surface area contributed by atoms with E-state index in [1.165, 1.54) is 0 Å². The van der Waals surface area contributed by atoms with Gasteiger partial charge in [0.15, 0.2) is 16.1 Å². The Balaban J connectivity index is 0.755. The van der Waals surface area contributed by atoms with Crippen molar-refractivity contribution >= 4 is 67.7 Å². The van der Waals surface area contributed by atoms with Crippen LogP contribution in [0.3, 0.4) is 0 Å². The van der Waals surface area contributed by atoms with Gasteiger partial charge in [-0.3, -0.25) is 19.3 Å². The van der Waals surface area contributed by atoms with E-state index in [0.29, 0.717) is 93.4 Å². The van der Waals surface area contributed by atoms with E-state index in [0.717, 1.165) is 79.2 Å². The minimum atomic E-state index is -1.05. The molecule has 1 atom stereocenters. The first-order valence-electron chi connectivity index (χ1n) is 23.5. The molecule has 2 aliphatic heterocycles. The fourth-order valence-electron chi connectivity index (χ4n) is 8.99. The zero-order chi connectivity index (χ0) is 47.6. The molecule has 2 saturated heterocycles. The second kappa shape index (κ2) is 22.5. The number of H-pyrrole nitrogens is 1. The summed E-state index contributed by atoms with van der Waals surface area (Å²) in [4.78, 5) is 70.4. The zero-order valence-electron chi connectivity index (χ0n) is 38.9. The third-order valence-corrected chi connectivity index (χ3v) is 13.9. The normalized spacial score (nSPS) is 15.8. The lowest BCUT2D eigenvalue weighted by Crippen LogP contribution is -2.60. The van der Waals surface area contributed by atoms with Crippen molar-refractivity contribution in [1.29, 1.82) is 0 Å². The van der Waals surface area contributed by atoms with Gasteiger partial charge in [0.25, 0.3) is 5.91 Å². The van der Waals surface area contributed by atoms with Crippen LogP contribution in [-0.4, -0.2) is 162 Å². The van der Waals surface area contributed by atoms with Crippen molar-refractivity contribution in [2.75, 3.05) is 84.5 Å². The summed E-state index contributed by atoms with van der Waals surface area (Å²) < 4.78 is 9.63. The maximum absolute atomic E-state index is 14.2. The molecular weight excluding hydrogens is 898 g/mol. The highest BCUT2D eigenvalue weighted by Crippen LogP contribution is 2.33. The third kappa shape index (κ3) is 11.8. The number of para-hydroxylation sites is 1. The summed E-state index contributed by atoms with van der Waals surface area (Å²) in [5.74, 6) is 1.40. The SMILES string of the molecule is CN(C)CCOc1ccccc1Cn1cnc2ccc(C(=O)NCCCCCC(=O)N3CCN(CC[C@@H](c4ccc(Cl)cc4)N([Si])C(=O)C4(N)CCN(c5ncnc6[nH]ccc56)CC4)CC3)nc21. The Hall–Kier alpha value is -5.92. The second-order valence-corrected chi connectivity index (χ2v) is 19.0. The lowest BCUT2D eigenvalue weighted by Gasteiger charge is -2.43. The predicted octanol–water partition coefficient (Wildman–Crippen LogP) is 4.82. The number of amides is 3. The van der Waals surface area contributed by atoms with Crippen LogP contribution in [0.4, 0.5) is 5.82 Å². The standard InChI is InChI=1S/C49H61ClN13O4Si/c1-58(2)30-31-67-42-9-6-5-8-36(42)32-62-34-56-39-15-16-40(57-46(39)62)47(65)53-21-7-3-4-10-43(64)60-28-26-59(27-29-60)23-18-41(35-11-13-37(50)14-12-35)63(68)48(66)49(51)19-24-61(25-20-49)45-38-17-22-52-44(38)54-33-55-45/h5-6,8-9,11-17,22,33-34,41H,3-4,7,10,18-21,23-32,51H2,1-2H3,(H,53,65)(H,52,54,55)/t41-/m0/s1. The molecule has 357 valence electrons. The minimum Gasteiger partial charge on any atom is -0.492 e. The predicted molar refractivity (Wildman–Crippen MR) is 265 cm³/mol. The van der Waals surface area contributed by atoms with E-state index in [2.05, 4.69) is 55.3 Å². The number of likely N-dealkylation sites (N-methyl/N-ethyl adjacent to an activating group) is 1. The van der Waals surface area contributed by atoms with E-state index in [-0.39, 0.29) is 23.8 Å². The van der Waals surface area contributed by atoms with Crippen molar-refractivity contribution in [2.24, 2.45) is 5.73 Å². The lowest BCUT2D eigenvalue weighted by atomic mass is 9.86. The summed E-state index contributed by atoms with van der Waals surface area (Å²) in [6, 6.07) is 20.7. The minimum absolute atomic E-state index is 0.151. The number of nitrogens with two attached hydrogens (primary N) is 1. The average molecular weight is 960 g/mol. The van der Waals surface area contributed by atoms with Crippen molar-refractivity contribution < 1.29 is 19.1 Å². The average Bonchev–Trinajstić information content (AvgIpc) is 4.01. The second-order valence-electron chi connectivity index (χ2n) is 18.1. The molecule has 4 N–H and O–H groups in total. The number of hydrogen-bond donors (Lipinski definition) is 3. The van der Waals surface area contributed by atoms with Crippen LogP contribution in [0.15, 0.2) is 85.6 Å². The van der Waals surface area contributed by atoms with E-state index >= 15 is 0 Å². The number of nitrogens with one attached hydrogen (secondary N) is 2. The van der Waals surface area contributed by atoms with Gasteiger partial charge in [-0.1, -0.05) is 48.4 Å². The van der Waals surface area contributed by atoms with E-state index in [9.17, 15) is 14.4 Å². The molecule has 2 aromatic carbocycles. The van der Waals surface area contributed by atoms with Gasteiger partial charge in [-0.05, 0) is 88.2 Å². The molecule has 6 heterocycles. The Labute approximate surface area is 405 Å². The number of piperazine rings is 1. The third-order valence-electron chi connectivity index (χ3n) is 13.1. The number of benzene rings is 2. The first-order chi connectivity index (χ1) is 33.0. The van der Waals surface area contributed by atoms with Crippen LogP contribution in [-0.2, 0) is 16.1 Å². The summed E-state index contributed by atoms with van der Waals surface area (Å²) in [5, 5.41) is 4.57. The van der Waals surface area contributed by atoms with Crippen LogP contribution in [0, 0.1) is 0 Å². The van der Waals surface area contributed by atoms with Crippen LogP contribution in [0.5, 0.6) is 5.75 Å². The van der Waals surface area contributed by atoms with E-state index in [1.54, 1.807) is 23.3 Å². The number of pyridine rings is 1. The molecule has 0 aliphatic carbocycles. The number of anilines is 1. The van der Waals surface area contributed by atoms with Crippen molar-refractivity contribution in [3.63, 3.8) is 0 Å². The van der Waals surface area contributed by atoms with Gasteiger partial charge in [-0.2, -0.15) is 0 Å². The Morgan fingerprint density at radius 1 is 0.941 bits per heavy atom. The van der Waals surface area contributed by atoms with Gasteiger partial charge in [-0.15, -0.1) is 0 Å². The highest BCUT2D eigenvalue weighted by atomic mass is 35.5. The van der Waals surface area contributed by atoms with Crippen LogP contribution in [0.25, 0.3) is 22.2 Å². The molecule has 19 heteroatoms. The van der Waals surface area contributed by atoms with Crippen LogP contribution >= 0.6 is 11.6 Å². The number of hydrogen-bond acceptors (Lipinski definition) is 12. The van der Waals surface area contributed by atoms with Crippen molar-refractivity contribution in [3.8, 4) is 5.75 Å². The number of ether oxygens (including phenoxy) is 1. The fourth-order valence-corrected chi connectivity index (χ4v) is 9.61. The van der Waals surface area contributed by atoms with E-state index in [1.807, 2.05) is 90.4 Å². The van der Waals surface area contributed by atoms with Gasteiger partial charge in [0.05, 0.1) is 23.8 Å². The first kappa shape index (κ1) is 48.5. The number of nitrogens with zero attached hydrogens (tertiary/aromatic N) is 10. The number of carbonyl (C=O) groups is 3. The van der Waals surface area contributed by atoms with Crippen LogP contribution in [0.2, 0.25) is 5.02 Å². The zero-order valence-corrected chi connectivity index (χ0v) is 40.7. The molecule has 3 amide bonds. The largest absolute Gasteiger partial charge is 0.492 e. The monoisotopic (exact) mass is 958 g/mol. The molecule has 2 fully saturated rings. The molecule has 8 rings (SSSR count). The number of aromatic amines is 1. The van der Waals surface area contributed by atoms with Gasteiger partial charge in [-0.25, -0.2) is 19.9 Å². The number of imidazole rings is 1. The molecule has 17 nitrogen and oxygen atoms in total. The van der Waals surface area contributed by atoms with E-state index < -0.39 is 5.54 Å². The van der Waals surface area contributed by atoms with Gasteiger partial charge in [0, 0.05) is 88.1 Å². The van der Waals surface area contributed by atoms with E-state index in [4.69, 9.17) is 22.1 Å². The number of rotatable bonds is 20. The lowest BCUT2D eigenvalue weighted by molar-refractivity contribution is -0.135. The van der Waals surface area contributed by atoms with Gasteiger partial charge < -0.3 is 44.6 Å². The quantitative estimate of drug-likeness (QED) is 0.0701. The molecule has 0 saturated carbocycles. The molecule has 68 heavy (non-hydrogen) atoms. The number of piperidine rings is 1. The molecule has 4 aromatic heterocycles. The Morgan fingerprint density at radius 2 is 1.72 bits per heavy atom. The molecule has 3 radical (unpaired) electrons. The smallest absolute Gasteiger partial charge is 0.269 e. The topological polar surface area (TPSA) is 187 Å². The number of fused-ring (bicyclic) bond motifs is 2. The van der Waals surface area contributed by atoms with Crippen LogP contribution < -0.4 is 20.7 Å². The van der Waals surface area contributed by atoms with Gasteiger partial charge in [0.2, 0.25) is 11.8 Å². The highest BCUT2D eigenvalue weighted by Gasteiger charge is 2.42. The maximum Gasteiger partial charge on any atom is 0.269 e. The molecule has 0 bridgehead atoms. The summed E-state index contributed by atoms with van der Waals surface area (Å²) in [7, 11) is 7.79. The highest BCUT2D eigenvalue weighted by molar-refractivity contribution is 6.30. The Bertz CT molecular complexity index is 2640. The summed E-state index contributed by atoms with van der Waals surface area (Å²) >= 11 is 6.28. The van der Waals surface area contributed by atoms with Crippen molar-refractivity contribution in [1.82, 2.24) is 54.1 Å². The number of halogens is 1. The molecule has 0 spiro atoms. The Kier molecular flexibility index (Phi) is 16.0. The summed E-state index contributed by atoms with van der Waals surface area (Å²) in [5.41, 5.74) is 10.3.